The van der Waals surface area contributed by atoms with Crippen molar-refractivity contribution < 1.29 is 0 Å². The highest BCUT2D eigenvalue weighted by atomic mass is 15.1. The van der Waals surface area contributed by atoms with E-state index >= 15 is 0 Å². The minimum Gasteiger partial charge on any atom is -0.371 e. The Balaban J connectivity index is 2.03. The normalized spacial score (nSPS) is 15.6. The van der Waals surface area contributed by atoms with Crippen LogP contribution in [-0.2, 0) is 6.42 Å². The molecule has 0 aromatic heterocycles. The van der Waals surface area contributed by atoms with Crippen LogP contribution in [0.1, 0.15) is 57.2 Å². The van der Waals surface area contributed by atoms with Crippen molar-refractivity contribution in [3.8, 4) is 0 Å². The first-order valence-corrected chi connectivity index (χ1v) is 7.87. The van der Waals surface area contributed by atoms with Crippen molar-refractivity contribution in [2.75, 3.05) is 24.5 Å². The van der Waals surface area contributed by atoms with E-state index in [1.165, 1.54) is 50.0 Å². The number of nitrogens with zero attached hydrogens (tertiary/aromatic N) is 1. The second-order valence-corrected chi connectivity index (χ2v) is 5.61. The summed E-state index contributed by atoms with van der Waals surface area (Å²) in [5.74, 6) is 0. The molecule has 2 heteroatoms. The van der Waals surface area contributed by atoms with Gasteiger partial charge in [0.2, 0.25) is 0 Å². The summed E-state index contributed by atoms with van der Waals surface area (Å²) in [5.41, 5.74) is 4.44. The Bertz CT molecular complexity index is 400. The SMILES string of the molecule is CCCCCN1CCc2cc(C(C)NCC)ccc21. The van der Waals surface area contributed by atoms with Crippen LogP contribution in [0.2, 0.25) is 0 Å². The first kappa shape index (κ1) is 14.4. The molecule has 2 rings (SSSR count). The van der Waals surface area contributed by atoms with Gasteiger partial charge < -0.3 is 10.2 Å². The molecule has 0 saturated heterocycles. The second-order valence-electron chi connectivity index (χ2n) is 5.61. The average molecular weight is 260 g/mol. The van der Waals surface area contributed by atoms with Crippen LogP contribution in [0.25, 0.3) is 0 Å². The summed E-state index contributed by atoms with van der Waals surface area (Å²) in [6.07, 6.45) is 5.20. The first-order chi connectivity index (χ1) is 9.26. The van der Waals surface area contributed by atoms with Gasteiger partial charge >= 0.3 is 0 Å². The van der Waals surface area contributed by atoms with E-state index in [9.17, 15) is 0 Å². The van der Waals surface area contributed by atoms with Crippen molar-refractivity contribution in [3.63, 3.8) is 0 Å². The molecule has 0 saturated carbocycles. The number of fused-ring (bicyclic) bond motifs is 1. The number of hydrogen-bond donors (Lipinski definition) is 1. The maximum absolute atomic E-state index is 3.49. The van der Waals surface area contributed by atoms with Crippen LogP contribution >= 0.6 is 0 Å². The van der Waals surface area contributed by atoms with Gasteiger partial charge in [0.05, 0.1) is 0 Å². The van der Waals surface area contributed by atoms with Crippen LogP contribution in [0.3, 0.4) is 0 Å². The van der Waals surface area contributed by atoms with Gasteiger partial charge in [0.15, 0.2) is 0 Å². The number of rotatable bonds is 7. The molecule has 1 atom stereocenters. The third-order valence-electron chi connectivity index (χ3n) is 4.14. The number of unbranched alkanes of at least 4 members (excludes halogenated alkanes) is 2. The van der Waals surface area contributed by atoms with Crippen molar-refractivity contribution in [3.05, 3.63) is 29.3 Å². The van der Waals surface area contributed by atoms with Gasteiger partial charge in [0, 0.05) is 24.8 Å². The van der Waals surface area contributed by atoms with Gasteiger partial charge in [-0.3, -0.25) is 0 Å². The van der Waals surface area contributed by atoms with Crippen LogP contribution in [0.15, 0.2) is 18.2 Å². The Labute approximate surface area is 118 Å². The molecular weight excluding hydrogens is 232 g/mol. The number of benzene rings is 1. The van der Waals surface area contributed by atoms with Crippen LogP contribution < -0.4 is 10.2 Å². The van der Waals surface area contributed by atoms with Gasteiger partial charge in [-0.15, -0.1) is 0 Å². The first-order valence-electron chi connectivity index (χ1n) is 7.87. The molecule has 1 aromatic rings. The van der Waals surface area contributed by atoms with Gasteiger partial charge in [0.25, 0.3) is 0 Å². The van der Waals surface area contributed by atoms with E-state index in [-0.39, 0.29) is 0 Å². The van der Waals surface area contributed by atoms with E-state index in [4.69, 9.17) is 0 Å². The maximum Gasteiger partial charge on any atom is 0.0399 e. The fraction of sp³-hybridized carbons (Fsp3) is 0.647. The maximum atomic E-state index is 3.49. The Morgan fingerprint density at radius 3 is 2.84 bits per heavy atom. The summed E-state index contributed by atoms with van der Waals surface area (Å²) < 4.78 is 0. The van der Waals surface area contributed by atoms with Gasteiger partial charge in [0.1, 0.15) is 0 Å². The molecule has 1 unspecified atom stereocenters. The summed E-state index contributed by atoms with van der Waals surface area (Å²) >= 11 is 0. The fourth-order valence-electron chi connectivity index (χ4n) is 2.97. The van der Waals surface area contributed by atoms with Gasteiger partial charge in [-0.1, -0.05) is 38.8 Å². The van der Waals surface area contributed by atoms with E-state index in [1.54, 1.807) is 5.56 Å². The van der Waals surface area contributed by atoms with E-state index in [0.29, 0.717) is 6.04 Å². The predicted octanol–water partition coefficient (Wildman–Crippen LogP) is 3.91. The van der Waals surface area contributed by atoms with Crippen molar-refractivity contribution in [1.29, 1.82) is 0 Å². The summed E-state index contributed by atoms with van der Waals surface area (Å²) in [5, 5.41) is 3.49. The Hall–Kier alpha value is -1.02. The molecule has 0 amide bonds. The van der Waals surface area contributed by atoms with E-state index in [1.807, 2.05) is 0 Å². The summed E-state index contributed by atoms with van der Waals surface area (Å²) in [7, 11) is 0. The Morgan fingerprint density at radius 1 is 1.26 bits per heavy atom. The molecule has 1 aromatic carbocycles. The monoisotopic (exact) mass is 260 g/mol. The summed E-state index contributed by atoms with van der Waals surface area (Å²) in [6.45, 7) is 10.1. The number of anilines is 1. The van der Waals surface area contributed by atoms with Gasteiger partial charge in [-0.2, -0.15) is 0 Å². The van der Waals surface area contributed by atoms with E-state index in [2.05, 4.69) is 49.2 Å². The van der Waals surface area contributed by atoms with E-state index in [0.717, 1.165) is 6.54 Å². The van der Waals surface area contributed by atoms with Gasteiger partial charge in [-0.05, 0) is 43.5 Å². The van der Waals surface area contributed by atoms with Crippen molar-refractivity contribution in [2.24, 2.45) is 0 Å². The second kappa shape index (κ2) is 6.95. The quantitative estimate of drug-likeness (QED) is 0.748. The molecule has 0 radical (unpaired) electrons. The molecule has 1 aliphatic rings. The van der Waals surface area contributed by atoms with Crippen LogP contribution in [-0.4, -0.2) is 19.6 Å². The molecular formula is C17H28N2. The topological polar surface area (TPSA) is 15.3 Å². The zero-order chi connectivity index (χ0) is 13.7. The molecule has 0 fully saturated rings. The molecule has 19 heavy (non-hydrogen) atoms. The lowest BCUT2D eigenvalue weighted by Crippen LogP contribution is -2.21. The molecule has 2 nitrogen and oxygen atoms in total. The number of hydrogen-bond acceptors (Lipinski definition) is 2. The van der Waals surface area contributed by atoms with Crippen molar-refractivity contribution in [2.45, 2.75) is 52.5 Å². The smallest absolute Gasteiger partial charge is 0.0399 e. The summed E-state index contributed by atoms with van der Waals surface area (Å²) in [4.78, 5) is 2.56. The molecule has 0 aliphatic carbocycles. The van der Waals surface area contributed by atoms with Crippen LogP contribution in [0.5, 0.6) is 0 Å². The highest BCUT2D eigenvalue weighted by molar-refractivity contribution is 5.59. The molecule has 0 spiro atoms. The molecule has 1 N–H and O–H groups in total. The average Bonchev–Trinajstić information content (AvgIpc) is 2.82. The molecule has 0 bridgehead atoms. The largest absolute Gasteiger partial charge is 0.371 e. The highest BCUT2D eigenvalue weighted by Crippen LogP contribution is 2.30. The standard InChI is InChI=1S/C17H28N2/c1-4-6-7-11-19-12-10-16-13-15(8-9-17(16)19)14(3)18-5-2/h8-9,13-14,18H,4-7,10-12H2,1-3H3. The van der Waals surface area contributed by atoms with Crippen molar-refractivity contribution >= 4 is 5.69 Å². The Morgan fingerprint density at radius 2 is 2.11 bits per heavy atom. The molecule has 1 aliphatic heterocycles. The van der Waals surface area contributed by atoms with E-state index < -0.39 is 0 Å². The zero-order valence-electron chi connectivity index (χ0n) is 12.7. The molecule has 1 heterocycles. The number of nitrogens with one attached hydrogen (secondary N) is 1. The van der Waals surface area contributed by atoms with Crippen molar-refractivity contribution in [1.82, 2.24) is 5.32 Å². The molecule has 106 valence electrons. The third-order valence-corrected chi connectivity index (χ3v) is 4.14. The fourth-order valence-corrected chi connectivity index (χ4v) is 2.97. The van der Waals surface area contributed by atoms with Gasteiger partial charge in [-0.25, -0.2) is 0 Å². The van der Waals surface area contributed by atoms with Crippen LogP contribution in [0.4, 0.5) is 5.69 Å². The Kier molecular flexibility index (Phi) is 5.26. The highest BCUT2D eigenvalue weighted by Gasteiger charge is 2.19. The lowest BCUT2D eigenvalue weighted by Gasteiger charge is -2.20. The zero-order valence-corrected chi connectivity index (χ0v) is 12.7. The minimum atomic E-state index is 0.462. The lowest BCUT2D eigenvalue weighted by molar-refractivity contribution is 0.598. The summed E-state index contributed by atoms with van der Waals surface area (Å²) in [6, 6.07) is 7.49. The third kappa shape index (κ3) is 3.50. The minimum absolute atomic E-state index is 0.462. The van der Waals surface area contributed by atoms with Crippen LogP contribution in [0, 0.1) is 0 Å². The predicted molar refractivity (Wildman–Crippen MR) is 84.0 cm³/mol. The lowest BCUT2D eigenvalue weighted by atomic mass is 10.0.